The van der Waals surface area contributed by atoms with Crippen LogP contribution in [-0.2, 0) is 0 Å². The number of carbonyl (C=O) groups excluding carboxylic acids is 1. The second-order valence-corrected chi connectivity index (χ2v) is 4.59. The fourth-order valence-electron chi connectivity index (χ4n) is 1.93. The maximum atomic E-state index is 13.2. The fraction of sp³-hybridized carbons (Fsp3) is 0.0714. The van der Waals surface area contributed by atoms with E-state index in [0.717, 1.165) is 15.6 Å². The molecule has 2 heterocycles. The van der Waals surface area contributed by atoms with Crippen LogP contribution in [0, 0.1) is 5.82 Å². The average Bonchev–Trinajstić information content (AvgIpc) is 2.96. The standard InChI is InChI=1S/C14H11FN6O2/c1-19(12-7-2-3-8-16-12)13(22)21-14(23)20(17-18-21)11-6-4-5-10(15)9-11/h2-9H,1H3. The van der Waals surface area contributed by atoms with Crippen molar-refractivity contribution in [3.63, 3.8) is 0 Å². The molecule has 0 aliphatic heterocycles. The van der Waals surface area contributed by atoms with Gasteiger partial charge in [-0.15, -0.1) is 4.68 Å². The Balaban J connectivity index is 1.96. The number of hydrogen-bond donors (Lipinski definition) is 0. The van der Waals surface area contributed by atoms with Gasteiger partial charge in [-0.2, -0.15) is 4.68 Å². The predicted molar refractivity (Wildman–Crippen MR) is 79.0 cm³/mol. The lowest BCUT2D eigenvalue weighted by molar-refractivity contribution is 0.245. The summed E-state index contributed by atoms with van der Waals surface area (Å²) >= 11 is 0. The number of tetrazole rings is 1. The number of halogens is 1. The number of rotatable bonds is 2. The maximum absolute atomic E-state index is 13.2. The number of aromatic nitrogens is 5. The van der Waals surface area contributed by atoms with E-state index in [0.29, 0.717) is 10.5 Å². The summed E-state index contributed by atoms with van der Waals surface area (Å²) in [7, 11) is 1.46. The van der Waals surface area contributed by atoms with Gasteiger partial charge in [0, 0.05) is 13.2 Å². The van der Waals surface area contributed by atoms with E-state index in [1.165, 1.54) is 31.4 Å². The van der Waals surface area contributed by atoms with Crippen LogP contribution >= 0.6 is 0 Å². The molecule has 23 heavy (non-hydrogen) atoms. The van der Waals surface area contributed by atoms with Gasteiger partial charge in [0.05, 0.1) is 5.69 Å². The third-order valence-corrected chi connectivity index (χ3v) is 3.10. The summed E-state index contributed by atoms with van der Waals surface area (Å²) < 4.78 is 14.7. The molecule has 1 amide bonds. The molecule has 0 saturated heterocycles. The Bertz CT molecular complexity index is 905. The van der Waals surface area contributed by atoms with E-state index >= 15 is 0 Å². The van der Waals surface area contributed by atoms with Crippen LogP contribution < -0.4 is 10.6 Å². The van der Waals surface area contributed by atoms with Gasteiger partial charge >= 0.3 is 11.7 Å². The predicted octanol–water partition coefficient (Wildman–Crippen LogP) is 1.07. The average molecular weight is 314 g/mol. The van der Waals surface area contributed by atoms with Gasteiger partial charge in [0.15, 0.2) is 0 Å². The Hall–Kier alpha value is -3.36. The van der Waals surface area contributed by atoms with Crippen LogP contribution in [0.2, 0.25) is 0 Å². The summed E-state index contributed by atoms with van der Waals surface area (Å²) in [6.45, 7) is 0. The fourth-order valence-corrected chi connectivity index (χ4v) is 1.93. The van der Waals surface area contributed by atoms with E-state index in [4.69, 9.17) is 0 Å². The number of anilines is 1. The zero-order valence-corrected chi connectivity index (χ0v) is 12.0. The van der Waals surface area contributed by atoms with Crippen LogP contribution in [0.25, 0.3) is 5.69 Å². The molecule has 3 rings (SSSR count). The summed E-state index contributed by atoms with van der Waals surface area (Å²) in [5.41, 5.74) is -0.627. The highest BCUT2D eigenvalue weighted by atomic mass is 19.1. The smallest absolute Gasteiger partial charge is 0.280 e. The molecule has 0 aliphatic carbocycles. The number of pyridine rings is 1. The quantitative estimate of drug-likeness (QED) is 0.660. The zero-order chi connectivity index (χ0) is 16.4. The molecule has 0 spiro atoms. The van der Waals surface area contributed by atoms with Crippen LogP contribution in [0.4, 0.5) is 15.0 Å². The van der Waals surface area contributed by atoms with Crippen molar-refractivity contribution in [1.29, 1.82) is 0 Å². The molecule has 0 fully saturated rings. The first kappa shape index (κ1) is 14.6. The van der Waals surface area contributed by atoms with E-state index in [-0.39, 0.29) is 5.69 Å². The van der Waals surface area contributed by atoms with E-state index in [9.17, 15) is 14.0 Å². The lowest BCUT2D eigenvalue weighted by Crippen LogP contribution is -2.39. The first-order valence-electron chi connectivity index (χ1n) is 6.58. The van der Waals surface area contributed by atoms with E-state index < -0.39 is 17.5 Å². The van der Waals surface area contributed by atoms with Crippen molar-refractivity contribution >= 4 is 11.8 Å². The monoisotopic (exact) mass is 314 g/mol. The molecule has 0 atom stereocenters. The van der Waals surface area contributed by atoms with Gasteiger partial charge in [0.25, 0.3) is 0 Å². The van der Waals surface area contributed by atoms with Crippen molar-refractivity contribution in [2.75, 3.05) is 11.9 Å². The molecule has 0 saturated carbocycles. The van der Waals surface area contributed by atoms with Crippen molar-refractivity contribution in [2.24, 2.45) is 0 Å². The van der Waals surface area contributed by atoms with Gasteiger partial charge < -0.3 is 0 Å². The number of nitrogens with zero attached hydrogens (tertiary/aromatic N) is 6. The zero-order valence-electron chi connectivity index (χ0n) is 12.0. The highest BCUT2D eigenvalue weighted by molar-refractivity contribution is 5.91. The van der Waals surface area contributed by atoms with Gasteiger partial charge in [-0.05, 0) is 40.8 Å². The minimum absolute atomic E-state index is 0.175. The maximum Gasteiger partial charge on any atom is 0.377 e. The van der Waals surface area contributed by atoms with Crippen molar-refractivity contribution in [1.82, 2.24) is 24.8 Å². The Labute approximate surface area is 129 Å². The first-order valence-corrected chi connectivity index (χ1v) is 6.58. The second-order valence-electron chi connectivity index (χ2n) is 4.59. The third kappa shape index (κ3) is 2.71. The van der Waals surface area contributed by atoms with Crippen molar-refractivity contribution < 1.29 is 9.18 Å². The van der Waals surface area contributed by atoms with Crippen LogP contribution in [0.15, 0.2) is 53.5 Å². The summed E-state index contributed by atoms with van der Waals surface area (Å²) in [4.78, 5) is 29.8. The van der Waals surface area contributed by atoms with E-state index in [1.54, 1.807) is 18.2 Å². The van der Waals surface area contributed by atoms with Crippen LogP contribution in [-0.4, -0.2) is 37.9 Å². The molecule has 2 aromatic heterocycles. The van der Waals surface area contributed by atoms with Crippen molar-refractivity contribution in [2.45, 2.75) is 0 Å². The lowest BCUT2D eigenvalue weighted by atomic mass is 10.3. The normalized spacial score (nSPS) is 10.5. The molecule has 0 unspecified atom stereocenters. The van der Waals surface area contributed by atoms with Crippen LogP contribution in [0.3, 0.4) is 0 Å². The molecule has 8 nitrogen and oxygen atoms in total. The molecule has 3 aromatic rings. The molecule has 0 N–H and O–H groups in total. The molecular weight excluding hydrogens is 303 g/mol. The Kier molecular flexibility index (Phi) is 3.67. The molecule has 0 bridgehead atoms. The molecule has 9 heteroatoms. The minimum atomic E-state index is -0.802. The number of carbonyl (C=O) groups is 1. The Morgan fingerprint density at radius 1 is 1.17 bits per heavy atom. The van der Waals surface area contributed by atoms with Crippen LogP contribution in [0.5, 0.6) is 0 Å². The highest BCUT2D eigenvalue weighted by Gasteiger charge is 2.20. The van der Waals surface area contributed by atoms with Gasteiger partial charge in [0.1, 0.15) is 11.6 Å². The number of hydrogen-bond acceptors (Lipinski definition) is 5. The Morgan fingerprint density at radius 3 is 2.70 bits per heavy atom. The van der Waals surface area contributed by atoms with Gasteiger partial charge in [-0.25, -0.2) is 19.0 Å². The first-order chi connectivity index (χ1) is 11.1. The Morgan fingerprint density at radius 2 is 2.00 bits per heavy atom. The van der Waals surface area contributed by atoms with Crippen LogP contribution in [0.1, 0.15) is 0 Å². The summed E-state index contributed by atoms with van der Waals surface area (Å²) in [6.07, 6.45) is 1.52. The highest BCUT2D eigenvalue weighted by Crippen LogP contribution is 2.08. The van der Waals surface area contributed by atoms with Crippen molar-refractivity contribution in [3.8, 4) is 5.69 Å². The summed E-state index contributed by atoms with van der Waals surface area (Å²) in [5.74, 6) is -0.175. The lowest BCUT2D eigenvalue weighted by Gasteiger charge is -2.13. The SMILES string of the molecule is CN(C(=O)n1nnn(-c2cccc(F)c2)c1=O)c1ccccn1. The topological polar surface area (TPSA) is 85.9 Å². The molecule has 1 aromatic carbocycles. The second kappa shape index (κ2) is 5.79. The molecule has 116 valence electrons. The largest absolute Gasteiger partial charge is 0.377 e. The van der Waals surface area contributed by atoms with Crippen molar-refractivity contribution in [3.05, 3.63) is 65.0 Å². The molecule has 0 radical (unpaired) electrons. The van der Waals surface area contributed by atoms with E-state index in [1.807, 2.05) is 0 Å². The minimum Gasteiger partial charge on any atom is -0.280 e. The van der Waals surface area contributed by atoms with Gasteiger partial charge in [0.2, 0.25) is 0 Å². The van der Waals surface area contributed by atoms with Gasteiger partial charge in [-0.3, -0.25) is 4.90 Å². The number of amides is 1. The van der Waals surface area contributed by atoms with E-state index in [2.05, 4.69) is 15.4 Å². The molecule has 0 aliphatic rings. The third-order valence-electron chi connectivity index (χ3n) is 3.10. The number of benzene rings is 1. The molecular formula is C14H11FN6O2. The van der Waals surface area contributed by atoms with Gasteiger partial charge in [-0.1, -0.05) is 12.1 Å². The summed E-state index contributed by atoms with van der Waals surface area (Å²) in [5, 5.41) is 7.15. The summed E-state index contributed by atoms with van der Waals surface area (Å²) in [6, 6.07) is 9.56.